The number of amides is 1. The molecule has 38 heavy (non-hydrogen) atoms. The van der Waals surface area contributed by atoms with Crippen molar-refractivity contribution in [1.82, 2.24) is 4.90 Å². The third kappa shape index (κ3) is 5.09. The number of aliphatic hydroxyl groups is 1. The Balaban J connectivity index is 1.52. The summed E-state index contributed by atoms with van der Waals surface area (Å²) in [5.41, 5.74) is 1.92. The van der Waals surface area contributed by atoms with E-state index in [1.165, 1.54) is 17.0 Å². The van der Waals surface area contributed by atoms with E-state index in [1.54, 1.807) is 54.6 Å². The fraction of sp³-hybridized carbons (Fsp3) is 0.200. The molecule has 0 fully saturated rings. The summed E-state index contributed by atoms with van der Waals surface area (Å²) >= 11 is 3.41. The Morgan fingerprint density at radius 1 is 1.08 bits per heavy atom. The quantitative estimate of drug-likeness (QED) is 0.229. The summed E-state index contributed by atoms with van der Waals surface area (Å²) in [6.45, 7) is 4.04. The van der Waals surface area contributed by atoms with Crippen LogP contribution < -0.4 is 4.74 Å². The number of rotatable bonds is 8. The number of Topliss-reactive ketones (excluding diaryl/α,β-unsaturated/α-hetero) is 1. The van der Waals surface area contributed by atoms with Crippen molar-refractivity contribution in [3.8, 4) is 5.75 Å². The maximum atomic E-state index is 13.7. The molecule has 194 valence electrons. The molecule has 0 bridgehead atoms. The first-order valence-electron chi connectivity index (χ1n) is 12.2. The Morgan fingerprint density at radius 3 is 2.47 bits per heavy atom. The number of aliphatic hydroxyl groups excluding tert-OH is 1. The molecular weight excluding hydrogens is 553 g/mol. The normalized spacial score (nSPS) is 15.7. The van der Waals surface area contributed by atoms with Gasteiger partial charge in [-0.3, -0.25) is 9.59 Å². The molecule has 1 amide bonds. The van der Waals surface area contributed by atoms with Crippen molar-refractivity contribution in [3.05, 3.63) is 111 Å². The predicted molar refractivity (Wildman–Crippen MR) is 145 cm³/mol. The van der Waals surface area contributed by atoms with E-state index >= 15 is 0 Å². The zero-order valence-corrected chi connectivity index (χ0v) is 22.4. The van der Waals surface area contributed by atoms with Crippen LogP contribution in [-0.4, -0.2) is 34.3 Å². The van der Waals surface area contributed by atoms with E-state index in [-0.39, 0.29) is 29.8 Å². The van der Waals surface area contributed by atoms with Crippen LogP contribution in [0.4, 0.5) is 4.39 Å². The highest BCUT2D eigenvalue weighted by atomic mass is 79.9. The fourth-order valence-electron chi connectivity index (χ4n) is 4.62. The molecule has 0 radical (unpaired) electrons. The molecule has 1 N–H and O–H groups in total. The number of halogens is 2. The van der Waals surface area contributed by atoms with Gasteiger partial charge in [0, 0.05) is 16.4 Å². The molecule has 1 aliphatic rings. The largest absolute Gasteiger partial charge is 0.503 e. The number of furan rings is 1. The monoisotopic (exact) mass is 577 g/mol. The molecule has 5 rings (SSSR count). The van der Waals surface area contributed by atoms with Gasteiger partial charge in [-0.25, -0.2) is 4.39 Å². The van der Waals surface area contributed by atoms with Crippen LogP contribution >= 0.6 is 15.9 Å². The number of carbonyl (C=O) groups excluding carboxylic acids is 2. The summed E-state index contributed by atoms with van der Waals surface area (Å²) in [6, 6.07) is 19.2. The smallest absolute Gasteiger partial charge is 0.290 e. The molecule has 0 saturated carbocycles. The molecule has 2 heterocycles. The van der Waals surface area contributed by atoms with Crippen molar-refractivity contribution < 1.29 is 28.2 Å². The molecule has 6 nitrogen and oxygen atoms in total. The van der Waals surface area contributed by atoms with Crippen LogP contribution in [0.2, 0.25) is 0 Å². The van der Waals surface area contributed by atoms with Gasteiger partial charge in [0.2, 0.25) is 5.78 Å². The Hall–Kier alpha value is -3.91. The number of benzene rings is 3. The van der Waals surface area contributed by atoms with E-state index in [2.05, 4.69) is 15.9 Å². The molecule has 0 saturated heterocycles. The van der Waals surface area contributed by atoms with Crippen LogP contribution in [0.5, 0.6) is 5.75 Å². The Bertz CT molecular complexity index is 1540. The van der Waals surface area contributed by atoms with Gasteiger partial charge in [0.1, 0.15) is 17.1 Å². The molecule has 3 aromatic carbocycles. The number of fused-ring (bicyclic) bond motifs is 1. The number of ketones is 1. The highest BCUT2D eigenvalue weighted by Gasteiger charge is 2.44. The average Bonchev–Trinajstić information content (AvgIpc) is 3.42. The van der Waals surface area contributed by atoms with Gasteiger partial charge in [-0.1, -0.05) is 40.2 Å². The summed E-state index contributed by atoms with van der Waals surface area (Å²) in [4.78, 5) is 28.5. The lowest BCUT2D eigenvalue weighted by molar-refractivity contribution is -0.129. The maximum absolute atomic E-state index is 13.7. The van der Waals surface area contributed by atoms with Gasteiger partial charge in [0.05, 0.1) is 17.7 Å². The first-order valence-corrected chi connectivity index (χ1v) is 13.0. The van der Waals surface area contributed by atoms with Crippen molar-refractivity contribution in [2.24, 2.45) is 0 Å². The first-order chi connectivity index (χ1) is 18.2. The molecule has 0 aliphatic carbocycles. The molecule has 1 atom stereocenters. The van der Waals surface area contributed by atoms with Crippen LogP contribution in [0.15, 0.2) is 93.0 Å². The molecule has 4 aromatic rings. The summed E-state index contributed by atoms with van der Waals surface area (Å²) in [7, 11) is 0. The number of hydrogen-bond acceptors (Lipinski definition) is 5. The summed E-state index contributed by atoms with van der Waals surface area (Å²) in [5, 5.41) is 11.7. The van der Waals surface area contributed by atoms with Crippen LogP contribution in [0.25, 0.3) is 11.0 Å². The van der Waals surface area contributed by atoms with E-state index in [1.807, 2.05) is 19.9 Å². The fourth-order valence-corrected chi connectivity index (χ4v) is 5.00. The third-order valence-electron chi connectivity index (χ3n) is 6.37. The summed E-state index contributed by atoms with van der Waals surface area (Å²) in [5.74, 6) is -1.50. The number of hydrogen-bond donors (Lipinski definition) is 1. The van der Waals surface area contributed by atoms with Gasteiger partial charge in [-0.15, -0.1) is 0 Å². The van der Waals surface area contributed by atoms with Gasteiger partial charge >= 0.3 is 0 Å². The van der Waals surface area contributed by atoms with Gasteiger partial charge < -0.3 is 19.2 Å². The molecular formula is C30H25BrFNO5. The van der Waals surface area contributed by atoms with E-state index in [4.69, 9.17) is 9.15 Å². The van der Waals surface area contributed by atoms with Gasteiger partial charge in [-0.2, -0.15) is 0 Å². The highest BCUT2D eigenvalue weighted by molar-refractivity contribution is 9.10. The number of ether oxygens (including phenoxy) is 1. The first kappa shape index (κ1) is 25.7. The lowest BCUT2D eigenvalue weighted by Crippen LogP contribution is -2.33. The lowest BCUT2D eigenvalue weighted by atomic mass is 9.94. The van der Waals surface area contributed by atoms with Crippen LogP contribution in [-0.2, 0) is 11.2 Å². The molecule has 8 heteroatoms. The van der Waals surface area contributed by atoms with Crippen LogP contribution in [0, 0.1) is 5.82 Å². The summed E-state index contributed by atoms with van der Waals surface area (Å²) in [6.07, 6.45) is 0.389. The minimum atomic E-state index is -0.844. The minimum Gasteiger partial charge on any atom is -0.503 e. The summed E-state index contributed by atoms with van der Waals surface area (Å²) < 4.78 is 25.8. The molecule has 0 spiro atoms. The Kier molecular flexibility index (Phi) is 7.08. The van der Waals surface area contributed by atoms with Crippen molar-refractivity contribution >= 4 is 38.6 Å². The topological polar surface area (TPSA) is 80.0 Å². The Morgan fingerprint density at radius 2 is 1.79 bits per heavy atom. The van der Waals surface area contributed by atoms with Crippen molar-refractivity contribution in [1.29, 1.82) is 0 Å². The second kappa shape index (κ2) is 10.5. The second-order valence-corrected chi connectivity index (χ2v) is 10.3. The average molecular weight is 578 g/mol. The van der Waals surface area contributed by atoms with E-state index in [0.717, 1.165) is 10.0 Å². The van der Waals surface area contributed by atoms with Crippen molar-refractivity contribution in [2.75, 3.05) is 6.54 Å². The third-order valence-corrected chi connectivity index (χ3v) is 6.87. The number of nitrogens with zero attached hydrogens (tertiary/aromatic N) is 1. The molecule has 1 aromatic heterocycles. The molecule has 1 aliphatic heterocycles. The zero-order valence-electron chi connectivity index (χ0n) is 20.8. The second-order valence-electron chi connectivity index (χ2n) is 9.40. The van der Waals surface area contributed by atoms with Crippen molar-refractivity contribution in [3.63, 3.8) is 0 Å². The zero-order chi connectivity index (χ0) is 27.0. The predicted octanol–water partition coefficient (Wildman–Crippen LogP) is 6.94. The van der Waals surface area contributed by atoms with E-state index < -0.39 is 23.5 Å². The van der Waals surface area contributed by atoms with E-state index in [9.17, 15) is 19.1 Å². The van der Waals surface area contributed by atoms with E-state index in [0.29, 0.717) is 28.7 Å². The van der Waals surface area contributed by atoms with Gasteiger partial charge in [0.25, 0.3) is 5.91 Å². The highest BCUT2D eigenvalue weighted by Crippen LogP contribution is 2.40. The Labute approximate surface area is 227 Å². The van der Waals surface area contributed by atoms with Gasteiger partial charge in [-0.05, 0) is 79.9 Å². The minimum absolute atomic E-state index is 0.0182. The SMILES string of the molecule is CC(C)Oc1ccc(C2C(C(=O)c3cc4cc(Br)ccc4o3)=C(O)C(=O)N2CCc2ccc(F)cc2)cc1. The number of carbonyl (C=O) groups is 2. The van der Waals surface area contributed by atoms with Crippen LogP contribution in [0.3, 0.4) is 0 Å². The van der Waals surface area contributed by atoms with Crippen LogP contribution in [0.1, 0.15) is 41.6 Å². The lowest BCUT2D eigenvalue weighted by Gasteiger charge is -2.27. The maximum Gasteiger partial charge on any atom is 0.290 e. The molecule has 1 unspecified atom stereocenters. The standard InChI is InChI=1S/C30H25BrFNO5/c1-17(2)37-23-10-5-19(6-11-23)27-26(28(34)25-16-20-15-21(31)7-12-24(20)38-25)29(35)30(36)33(27)14-13-18-3-8-22(32)9-4-18/h3-12,15-17,27,35H,13-14H2,1-2H3. The van der Waals surface area contributed by atoms with Gasteiger partial charge in [0.15, 0.2) is 11.5 Å². The van der Waals surface area contributed by atoms with Crippen molar-refractivity contribution in [2.45, 2.75) is 32.4 Å².